The predicted octanol–water partition coefficient (Wildman–Crippen LogP) is 4.95. The highest BCUT2D eigenvalue weighted by Gasteiger charge is 2.35. The van der Waals surface area contributed by atoms with E-state index >= 15 is 0 Å². The number of hydrogen-bond acceptors (Lipinski definition) is 3. The maximum absolute atomic E-state index is 13.3. The van der Waals surface area contributed by atoms with Crippen LogP contribution in [0, 0.1) is 0 Å². The third kappa shape index (κ3) is 4.88. The Morgan fingerprint density at radius 1 is 1.14 bits per heavy atom. The van der Waals surface area contributed by atoms with E-state index in [0.29, 0.717) is 29.5 Å². The van der Waals surface area contributed by atoms with Crippen LogP contribution in [0.4, 0.5) is 0 Å². The first kappa shape index (κ1) is 21.2. The van der Waals surface area contributed by atoms with E-state index in [1.807, 2.05) is 24.3 Å². The van der Waals surface area contributed by atoms with Crippen LogP contribution in [-0.2, 0) is 16.4 Å². The van der Waals surface area contributed by atoms with Crippen molar-refractivity contribution in [3.05, 3.63) is 69.2 Å². The second-order valence-corrected chi connectivity index (χ2v) is 10.6. The van der Waals surface area contributed by atoms with Crippen LogP contribution in [0.3, 0.4) is 0 Å². The number of rotatable bonds is 5. The van der Waals surface area contributed by atoms with Crippen molar-refractivity contribution in [3.63, 3.8) is 0 Å². The van der Waals surface area contributed by atoms with Crippen molar-refractivity contribution in [2.24, 2.45) is 0 Å². The normalized spacial score (nSPS) is 18.4. The summed E-state index contributed by atoms with van der Waals surface area (Å²) in [6.45, 7) is 4.57. The third-order valence-electron chi connectivity index (χ3n) is 5.07. The molecule has 1 saturated heterocycles. The summed E-state index contributed by atoms with van der Waals surface area (Å²) in [5.74, 6) is 0.215. The Balaban J connectivity index is 1.91. The lowest BCUT2D eigenvalue weighted by Gasteiger charge is -2.29. The van der Waals surface area contributed by atoms with Gasteiger partial charge in [-0.25, -0.2) is 8.42 Å². The summed E-state index contributed by atoms with van der Waals surface area (Å²) in [5.41, 5.74) is 2.49. The first-order valence-corrected chi connectivity index (χ1v) is 11.8. The molecule has 0 radical (unpaired) electrons. The van der Waals surface area contributed by atoms with E-state index in [1.54, 1.807) is 17.0 Å². The Kier molecular flexibility index (Phi) is 6.37. The number of nitrogens with zero attached hydrogens (tertiary/aromatic N) is 1. The second-order valence-electron chi connectivity index (χ2n) is 7.51. The van der Waals surface area contributed by atoms with Crippen molar-refractivity contribution in [2.45, 2.75) is 38.8 Å². The van der Waals surface area contributed by atoms with E-state index in [0.717, 1.165) is 5.56 Å². The van der Waals surface area contributed by atoms with Gasteiger partial charge < -0.3 is 4.90 Å². The molecule has 0 spiro atoms. The lowest BCUT2D eigenvalue weighted by molar-refractivity contribution is 0.0681. The topological polar surface area (TPSA) is 54.5 Å². The zero-order valence-electron chi connectivity index (χ0n) is 15.9. The van der Waals surface area contributed by atoms with Crippen molar-refractivity contribution >= 4 is 38.9 Å². The van der Waals surface area contributed by atoms with E-state index in [-0.39, 0.29) is 28.5 Å². The molecule has 4 nitrogen and oxygen atoms in total. The van der Waals surface area contributed by atoms with Gasteiger partial charge in [-0.05, 0) is 41.7 Å². The van der Waals surface area contributed by atoms with Crippen LogP contribution in [0.1, 0.15) is 47.7 Å². The Morgan fingerprint density at radius 2 is 1.82 bits per heavy atom. The SMILES string of the molecule is CC(C)c1ccc(CN(C(=O)c2ccc(Cl)cc2Cl)C2CCS(=O)(=O)C2)cc1. The van der Waals surface area contributed by atoms with Crippen LogP contribution >= 0.6 is 23.2 Å². The van der Waals surface area contributed by atoms with Gasteiger partial charge >= 0.3 is 0 Å². The van der Waals surface area contributed by atoms with Crippen molar-refractivity contribution < 1.29 is 13.2 Å². The highest BCUT2D eigenvalue weighted by Crippen LogP contribution is 2.27. The van der Waals surface area contributed by atoms with Crippen LogP contribution in [0.15, 0.2) is 42.5 Å². The van der Waals surface area contributed by atoms with E-state index < -0.39 is 9.84 Å². The van der Waals surface area contributed by atoms with Gasteiger partial charge in [-0.2, -0.15) is 0 Å². The van der Waals surface area contributed by atoms with E-state index in [2.05, 4.69) is 13.8 Å². The molecule has 1 atom stereocenters. The summed E-state index contributed by atoms with van der Waals surface area (Å²) in [6.07, 6.45) is 0.434. The first-order valence-electron chi connectivity index (χ1n) is 9.21. The molecule has 7 heteroatoms. The molecule has 0 aliphatic carbocycles. The van der Waals surface area contributed by atoms with E-state index in [9.17, 15) is 13.2 Å². The summed E-state index contributed by atoms with van der Waals surface area (Å²) < 4.78 is 24.0. The number of carbonyl (C=O) groups excluding carboxylic acids is 1. The minimum Gasteiger partial charge on any atom is -0.330 e. The minimum absolute atomic E-state index is 0.0198. The predicted molar refractivity (Wildman–Crippen MR) is 114 cm³/mol. The molecule has 150 valence electrons. The molecule has 1 aliphatic heterocycles. The molecule has 1 heterocycles. The van der Waals surface area contributed by atoms with Crippen molar-refractivity contribution in [3.8, 4) is 0 Å². The van der Waals surface area contributed by atoms with Crippen molar-refractivity contribution in [2.75, 3.05) is 11.5 Å². The van der Waals surface area contributed by atoms with Gasteiger partial charge in [-0.1, -0.05) is 61.3 Å². The lowest BCUT2D eigenvalue weighted by atomic mass is 10.0. The molecule has 0 saturated carbocycles. The number of sulfone groups is 1. The molecule has 2 aromatic carbocycles. The number of benzene rings is 2. The fourth-order valence-electron chi connectivity index (χ4n) is 3.41. The molecule has 1 unspecified atom stereocenters. The summed E-state index contributed by atoms with van der Waals surface area (Å²) in [6, 6.07) is 12.4. The zero-order valence-corrected chi connectivity index (χ0v) is 18.2. The highest BCUT2D eigenvalue weighted by molar-refractivity contribution is 7.91. The van der Waals surface area contributed by atoms with Gasteiger partial charge in [0.2, 0.25) is 0 Å². The van der Waals surface area contributed by atoms with Gasteiger partial charge in [0.25, 0.3) is 5.91 Å². The van der Waals surface area contributed by atoms with E-state index in [1.165, 1.54) is 11.6 Å². The van der Waals surface area contributed by atoms with Crippen LogP contribution in [-0.4, -0.2) is 36.8 Å². The number of amides is 1. The molecule has 1 fully saturated rings. The van der Waals surface area contributed by atoms with Gasteiger partial charge in [0, 0.05) is 17.6 Å². The number of hydrogen-bond donors (Lipinski definition) is 0. The fraction of sp³-hybridized carbons (Fsp3) is 0.381. The quantitative estimate of drug-likeness (QED) is 0.662. The van der Waals surface area contributed by atoms with Gasteiger partial charge in [-0.3, -0.25) is 4.79 Å². The smallest absolute Gasteiger partial charge is 0.255 e. The summed E-state index contributed by atoms with van der Waals surface area (Å²) in [5, 5.41) is 0.708. The molecular formula is C21H23Cl2NO3S. The molecular weight excluding hydrogens is 417 g/mol. The van der Waals surface area contributed by atoms with Gasteiger partial charge in [-0.15, -0.1) is 0 Å². The molecule has 1 aliphatic rings. The van der Waals surface area contributed by atoms with Crippen LogP contribution in [0.5, 0.6) is 0 Å². The van der Waals surface area contributed by atoms with Crippen LogP contribution in [0.25, 0.3) is 0 Å². The van der Waals surface area contributed by atoms with Gasteiger partial charge in [0.05, 0.1) is 22.1 Å². The van der Waals surface area contributed by atoms with Gasteiger partial charge in [0.1, 0.15) is 0 Å². The maximum atomic E-state index is 13.3. The van der Waals surface area contributed by atoms with E-state index in [4.69, 9.17) is 23.2 Å². The molecule has 0 bridgehead atoms. The standard InChI is InChI=1S/C21H23Cl2NO3S/c1-14(2)16-5-3-15(4-6-16)12-24(18-9-10-28(26,27)13-18)21(25)19-8-7-17(22)11-20(19)23/h3-8,11,14,18H,9-10,12-13H2,1-2H3. The molecule has 0 aromatic heterocycles. The Hall–Kier alpha value is -1.56. The molecule has 1 amide bonds. The minimum atomic E-state index is -3.13. The monoisotopic (exact) mass is 439 g/mol. The molecule has 0 N–H and O–H groups in total. The third-order valence-corrected chi connectivity index (χ3v) is 7.37. The summed E-state index contributed by atoms with van der Waals surface area (Å²) in [7, 11) is -3.13. The van der Waals surface area contributed by atoms with Crippen molar-refractivity contribution in [1.29, 1.82) is 0 Å². The largest absolute Gasteiger partial charge is 0.330 e. The second kappa shape index (κ2) is 8.44. The van der Waals surface area contributed by atoms with Crippen molar-refractivity contribution in [1.82, 2.24) is 4.90 Å². The first-order chi connectivity index (χ1) is 13.2. The van der Waals surface area contributed by atoms with Gasteiger partial charge in [0.15, 0.2) is 9.84 Å². The number of halogens is 2. The zero-order chi connectivity index (χ0) is 20.5. The number of carbonyl (C=O) groups is 1. The maximum Gasteiger partial charge on any atom is 0.255 e. The summed E-state index contributed by atoms with van der Waals surface area (Å²) >= 11 is 12.2. The van der Waals surface area contributed by atoms with Crippen LogP contribution in [0.2, 0.25) is 10.0 Å². The fourth-order valence-corrected chi connectivity index (χ4v) is 5.63. The average Bonchev–Trinajstić information content (AvgIpc) is 2.99. The molecule has 3 rings (SSSR count). The lowest BCUT2D eigenvalue weighted by Crippen LogP contribution is -2.40. The Morgan fingerprint density at radius 3 is 2.36 bits per heavy atom. The Bertz CT molecular complexity index is 972. The van der Waals surface area contributed by atoms with Crippen LogP contribution < -0.4 is 0 Å². The molecule has 2 aromatic rings. The average molecular weight is 440 g/mol. The Labute approximate surface area is 176 Å². The highest BCUT2D eigenvalue weighted by atomic mass is 35.5. The molecule has 28 heavy (non-hydrogen) atoms. The summed E-state index contributed by atoms with van der Waals surface area (Å²) in [4.78, 5) is 14.9.